The zero-order chi connectivity index (χ0) is 21.9. The molecule has 3 aromatic carbocycles. The van der Waals surface area contributed by atoms with Gasteiger partial charge in [-0.15, -0.1) is 11.3 Å². The minimum atomic E-state index is -0.0780. The number of anilines is 1. The summed E-state index contributed by atoms with van der Waals surface area (Å²) in [6.07, 6.45) is 0. The van der Waals surface area contributed by atoms with Gasteiger partial charge in [-0.25, -0.2) is 4.98 Å². The summed E-state index contributed by atoms with van der Waals surface area (Å²) in [6.45, 7) is 2.90. The summed E-state index contributed by atoms with van der Waals surface area (Å²) in [7, 11) is 0. The van der Waals surface area contributed by atoms with E-state index in [1.54, 1.807) is 16.2 Å². The van der Waals surface area contributed by atoms with Crippen LogP contribution >= 0.6 is 11.3 Å². The van der Waals surface area contributed by atoms with Gasteiger partial charge in [0.25, 0.3) is 5.91 Å². The minimum absolute atomic E-state index is 0.0334. The van der Waals surface area contributed by atoms with Crippen LogP contribution in [0.2, 0.25) is 0 Å². The lowest BCUT2D eigenvalue weighted by molar-refractivity contribution is -0.121. The van der Waals surface area contributed by atoms with E-state index in [9.17, 15) is 4.79 Å². The molecule has 0 spiro atoms. The Kier molecular flexibility index (Phi) is 5.60. The summed E-state index contributed by atoms with van der Waals surface area (Å²) in [4.78, 5) is 19.2. The average molecular weight is 443 g/mol. The van der Waals surface area contributed by atoms with Gasteiger partial charge in [-0.1, -0.05) is 42.5 Å². The molecule has 6 heteroatoms. The number of ether oxygens (including phenoxy) is 2. The number of hydrogen-bond acceptors (Lipinski definition) is 5. The summed E-state index contributed by atoms with van der Waals surface area (Å²) in [5.41, 5.74) is 4.81. The lowest BCUT2D eigenvalue weighted by Crippen LogP contribution is -2.41. The van der Waals surface area contributed by atoms with Crippen molar-refractivity contribution < 1.29 is 14.3 Å². The van der Waals surface area contributed by atoms with Gasteiger partial charge in [0.05, 0.1) is 17.9 Å². The van der Waals surface area contributed by atoms with E-state index in [4.69, 9.17) is 14.5 Å². The van der Waals surface area contributed by atoms with Crippen LogP contribution in [0.4, 0.5) is 5.69 Å². The number of benzene rings is 3. The number of thiazole rings is 1. The van der Waals surface area contributed by atoms with E-state index in [1.807, 2.05) is 73.0 Å². The fourth-order valence-corrected chi connectivity index (χ4v) is 4.52. The van der Waals surface area contributed by atoms with E-state index in [-0.39, 0.29) is 12.5 Å². The molecule has 1 aromatic heterocycles. The van der Waals surface area contributed by atoms with Crippen molar-refractivity contribution in [1.29, 1.82) is 0 Å². The molecule has 0 unspecified atom stereocenters. The summed E-state index contributed by atoms with van der Waals surface area (Å²) in [5, 5.41) is 3.01. The van der Waals surface area contributed by atoms with E-state index >= 15 is 0 Å². The van der Waals surface area contributed by atoms with Gasteiger partial charge in [0, 0.05) is 16.5 Å². The third-order valence-corrected chi connectivity index (χ3v) is 6.19. The first-order valence-corrected chi connectivity index (χ1v) is 11.3. The number of hydrogen-bond donors (Lipinski definition) is 0. The summed E-state index contributed by atoms with van der Waals surface area (Å²) in [5.74, 6) is 1.42. The quantitative estimate of drug-likeness (QED) is 0.391. The third-order valence-electron chi connectivity index (χ3n) is 5.30. The molecule has 0 saturated heterocycles. The van der Waals surface area contributed by atoms with Crippen LogP contribution < -0.4 is 14.4 Å². The molecule has 5 rings (SSSR count). The van der Waals surface area contributed by atoms with E-state index < -0.39 is 0 Å². The highest BCUT2D eigenvalue weighted by Crippen LogP contribution is 2.37. The molecular weight excluding hydrogens is 420 g/mol. The number of rotatable bonds is 6. The molecule has 0 fully saturated rings. The van der Waals surface area contributed by atoms with Crippen LogP contribution in [0.5, 0.6) is 11.5 Å². The Morgan fingerprint density at radius 3 is 2.75 bits per heavy atom. The Morgan fingerprint density at radius 2 is 1.91 bits per heavy atom. The lowest BCUT2D eigenvalue weighted by atomic mass is 10.1. The van der Waals surface area contributed by atoms with Crippen molar-refractivity contribution >= 4 is 22.9 Å². The number of amides is 1. The first kappa shape index (κ1) is 20.3. The van der Waals surface area contributed by atoms with Crippen molar-refractivity contribution in [3.63, 3.8) is 0 Å². The monoisotopic (exact) mass is 442 g/mol. The highest BCUT2D eigenvalue weighted by molar-refractivity contribution is 7.13. The van der Waals surface area contributed by atoms with Crippen molar-refractivity contribution in [3.05, 3.63) is 83.7 Å². The number of carbonyl (C=O) groups is 1. The Hall–Kier alpha value is -3.64. The van der Waals surface area contributed by atoms with Crippen LogP contribution in [0.1, 0.15) is 5.56 Å². The van der Waals surface area contributed by atoms with Crippen LogP contribution in [0.3, 0.4) is 0 Å². The number of aryl methyl sites for hydroxylation is 1. The fourth-order valence-electron chi connectivity index (χ4n) is 3.69. The third kappa shape index (κ3) is 4.22. The molecule has 5 nitrogen and oxygen atoms in total. The van der Waals surface area contributed by atoms with Crippen LogP contribution in [0.25, 0.3) is 21.8 Å². The van der Waals surface area contributed by atoms with Crippen molar-refractivity contribution in [2.24, 2.45) is 0 Å². The maximum atomic E-state index is 12.6. The second kappa shape index (κ2) is 8.85. The molecule has 1 aliphatic heterocycles. The van der Waals surface area contributed by atoms with Gasteiger partial charge in [0.1, 0.15) is 23.1 Å². The van der Waals surface area contributed by atoms with Gasteiger partial charge >= 0.3 is 0 Å². The number of nitrogens with zero attached hydrogens (tertiary/aromatic N) is 2. The standard InChI is InChI=1S/C26H22N2O3S/c1-18-6-5-9-21(14-18)30-13-12-28-23-15-20(10-11-24(23)31-16-25(28)29)22-17-32-26(27-22)19-7-3-2-4-8-19/h2-11,14-15,17H,12-13,16H2,1H3. The largest absolute Gasteiger partial charge is 0.492 e. The van der Waals surface area contributed by atoms with Gasteiger partial charge in [-0.2, -0.15) is 0 Å². The van der Waals surface area contributed by atoms with Crippen LogP contribution in [-0.4, -0.2) is 30.6 Å². The molecular formula is C26H22N2O3S. The molecule has 32 heavy (non-hydrogen) atoms. The molecule has 2 heterocycles. The number of aromatic nitrogens is 1. The molecule has 1 aliphatic rings. The molecule has 0 saturated carbocycles. The molecule has 1 amide bonds. The first-order chi connectivity index (χ1) is 15.7. The predicted octanol–water partition coefficient (Wildman–Crippen LogP) is 5.59. The molecule has 4 aromatic rings. The maximum Gasteiger partial charge on any atom is 0.265 e. The molecule has 0 radical (unpaired) electrons. The van der Waals surface area contributed by atoms with Crippen molar-refractivity contribution in [3.8, 4) is 33.3 Å². The molecule has 0 bridgehead atoms. The van der Waals surface area contributed by atoms with Crippen LogP contribution in [0, 0.1) is 6.92 Å². The topological polar surface area (TPSA) is 51.7 Å². The van der Waals surface area contributed by atoms with E-state index in [2.05, 4.69) is 12.1 Å². The Morgan fingerprint density at radius 1 is 1.03 bits per heavy atom. The second-order valence-electron chi connectivity index (χ2n) is 7.59. The molecule has 0 N–H and O–H groups in total. The smallest absolute Gasteiger partial charge is 0.265 e. The average Bonchev–Trinajstić information content (AvgIpc) is 3.31. The van der Waals surface area contributed by atoms with E-state index in [0.29, 0.717) is 18.9 Å². The SMILES string of the molecule is Cc1cccc(OCCN2C(=O)COc3ccc(-c4csc(-c5ccccc5)n4)cc32)c1. The molecule has 0 aliphatic carbocycles. The van der Waals surface area contributed by atoms with Crippen molar-refractivity contribution in [2.45, 2.75) is 6.92 Å². The summed E-state index contributed by atoms with van der Waals surface area (Å²) >= 11 is 1.61. The second-order valence-corrected chi connectivity index (χ2v) is 8.44. The molecule has 160 valence electrons. The Labute approximate surface area is 190 Å². The number of fused-ring (bicyclic) bond motifs is 1. The zero-order valence-electron chi connectivity index (χ0n) is 17.7. The fraction of sp³-hybridized carbons (Fsp3) is 0.154. The van der Waals surface area contributed by atoms with Gasteiger partial charge < -0.3 is 14.4 Å². The normalized spacial score (nSPS) is 12.9. The van der Waals surface area contributed by atoms with Gasteiger partial charge in [-0.05, 0) is 42.8 Å². The van der Waals surface area contributed by atoms with Crippen molar-refractivity contribution in [2.75, 3.05) is 24.7 Å². The van der Waals surface area contributed by atoms with E-state index in [1.165, 1.54) is 0 Å². The van der Waals surface area contributed by atoms with Gasteiger partial charge in [0.2, 0.25) is 0 Å². The van der Waals surface area contributed by atoms with Gasteiger partial charge in [-0.3, -0.25) is 4.79 Å². The minimum Gasteiger partial charge on any atom is -0.492 e. The van der Waals surface area contributed by atoms with Crippen LogP contribution in [-0.2, 0) is 4.79 Å². The zero-order valence-corrected chi connectivity index (χ0v) is 18.5. The summed E-state index contributed by atoms with van der Waals surface area (Å²) in [6, 6.07) is 23.9. The lowest BCUT2D eigenvalue weighted by Gasteiger charge is -2.29. The van der Waals surface area contributed by atoms with Crippen molar-refractivity contribution in [1.82, 2.24) is 4.98 Å². The van der Waals surface area contributed by atoms with E-state index in [0.717, 1.165) is 38.8 Å². The Balaban J connectivity index is 1.37. The summed E-state index contributed by atoms with van der Waals surface area (Å²) < 4.78 is 11.5. The predicted molar refractivity (Wildman–Crippen MR) is 128 cm³/mol. The maximum absolute atomic E-state index is 12.6. The first-order valence-electron chi connectivity index (χ1n) is 10.5. The van der Waals surface area contributed by atoms with Crippen LogP contribution in [0.15, 0.2) is 78.2 Å². The Bertz CT molecular complexity index is 1250. The highest BCUT2D eigenvalue weighted by atomic mass is 32.1. The number of carbonyl (C=O) groups excluding carboxylic acids is 1. The molecule has 0 atom stereocenters. The van der Waals surface area contributed by atoms with Gasteiger partial charge in [0.15, 0.2) is 6.61 Å². The highest BCUT2D eigenvalue weighted by Gasteiger charge is 2.26.